The van der Waals surface area contributed by atoms with Crippen molar-refractivity contribution in [2.24, 2.45) is 0 Å². The van der Waals surface area contributed by atoms with Crippen LogP contribution in [0.4, 0.5) is 0 Å². The fraction of sp³-hybridized carbons (Fsp3) is 0.889. The van der Waals surface area contributed by atoms with Gasteiger partial charge in [0, 0.05) is 6.54 Å². The van der Waals surface area contributed by atoms with Crippen molar-refractivity contribution in [1.82, 2.24) is 4.90 Å². The number of nitrogens with zero attached hydrogens (tertiary/aromatic N) is 1. The molecule has 0 aliphatic heterocycles. The van der Waals surface area contributed by atoms with Gasteiger partial charge in [0.05, 0.1) is 13.5 Å². The number of methoxy groups -OCH3 is 1. The van der Waals surface area contributed by atoms with Crippen molar-refractivity contribution in [3.05, 3.63) is 0 Å². The van der Waals surface area contributed by atoms with Gasteiger partial charge >= 0.3 is 5.97 Å². The molecule has 0 bridgehead atoms. The second-order valence-electron chi connectivity index (χ2n) is 2.76. The van der Waals surface area contributed by atoms with E-state index in [4.69, 9.17) is 0 Å². The summed E-state index contributed by atoms with van der Waals surface area (Å²) >= 11 is 0. The normalized spacial score (nSPS) is 10.3. The molecule has 0 rings (SSSR count). The molecule has 3 nitrogen and oxygen atoms in total. The molecule has 0 unspecified atom stereocenters. The Morgan fingerprint density at radius 1 is 1.33 bits per heavy atom. The molecule has 12 heavy (non-hydrogen) atoms. The van der Waals surface area contributed by atoms with E-state index in [1.807, 2.05) is 0 Å². The molecule has 72 valence electrons. The highest BCUT2D eigenvalue weighted by Crippen LogP contribution is 1.94. The lowest BCUT2D eigenvalue weighted by atomic mass is 10.3. The van der Waals surface area contributed by atoms with Gasteiger partial charge in [0.25, 0.3) is 0 Å². The number of hydrogen-bond donors (Lipinski definition) is 0. The summed E-state index contributed by atoms with van der Waals surface area (Å²) in [5, 5.41) is 0. The first-order valence-electron chi connectivity index (χ1n) is 4.53. The molecule has 0 aliphatic rings. The van der Waals surface area contributed by atoms with Crippen molar-refractivity contribution in [2.45, 2.75) is 26.7 Å². The predicted octanol–water partition coefficient (Wildman–Crippen LogP) is 1.28. The Hall–Kier alpha value is -0.570. The maximum absolute atomic E-state index is 10.8. The third-order valence-corrected chi connectivity index (χ3v) is 1.85. The summed E-state index contributed by atoms with van der Waals surface area (Å²) in [7, 11) is 1.43. The Kier molecular flexibility index (Phi) is 6.76. The fourth-order valence-electron chi connectivity index (χ4n) is 1.10. The van der Waals surface area contributed by atoms with Crippen molar-refractivity contribution in [3.63, 3.8) is 0 Å². The van der Waals surface area contributed by atoms with Gasteiger partial charge in [-0.05, 0) is 19.5 Å². The Bertz CT molecular complexity index is 126. The summed E-state index contributed by atoms with van der Waals surface area (Å²) in [6, 6.07) is 0. The van der Waals surface area contributed by atoms with Crippen LogP contribution in [-0.4, -0.2) is 37.6 Å². The van der Waals surface area contributed by atoms with Crippen molar-refractivity contribution in [3.8, 4) is 0 Å². The van der Waals surface area contributed by atoms with E-state index in [0.717, 1.165) is 26.1 Å². The summed E-state index contributed by atoms with van der Waals surface area (Å²) in [6.45, 7) is 7.13. The van der Waals surface area contributed by atoms with Gasteiger partial charge < -0.3 is 9.64 Å². The van der Waals surface area contributed by atoms with Crippen LogP contribution < -0.4 is 0 Å². The average molecular weight is 173 g/mol. The second-order valence-corrected chi connectivity index (χ2v) is 2.76. The van der Waals surface area contributed by atoms with E-state index >= 15 is 0 Å². The van der Waals surface area contributed by atoms with Crippen LogP contribution >= 0.6 is 0 Å². The minimum absolute atomic E-state index is 0.121. The molecule has 0 heterocycles. The van der Waals surface area contributed by atoms with E-state index in [0.29, 0.717) is 6.42 Å². The Morgan fingerprint density at radius 3 is 2.42 bits per heavy atom. The highest BCUT2D eigenvalue weighted by atomic mass is 16.5. The van der Waals surface area contributed by atoms with E-state index in [1.165, 1.54) is 7.11 Å². The number of esters is 1. The zero-order valence-electron chi connectivity index (χ0n) is 8.30. The second kappa shape index (κ2) is 7.10. The minimum Gasteiger partial charge on any atom is -0.469 e. The van der Waals surface area contributed by atoms with E-state index in [1.54, 1.807) is 0 Å². The monoisotopic (exact) mass is 173 g/mol. The predicted molar refractivity (Wildman–Crippen MR) is 49.0 cm³/mol. The summed E-state index contributed by atoms with van der Waals surface area (Å²) in [4.78, 5) is 13.0. The van der Waals surface area contributed by atoms with Crippen LogP contribution in [0.5, 0.6) is 0 Å². The smallest absolute Gasteiger partial charge is 0.306 e. The molecule has 0 aliphatic carbocycles. The third-order valence-electron chi connectivity index (χ3n) is 1.85. The minimum atomic E-state index is -0.121. The van der Waals surface area contributed by atoms with Gasteiger partial charge in [0.1, 0.15) is 0 Å². The molecule has 0 amide bonds. The topological polar surface area (TPSA) is 29.5 Å². The van der Waals surface area contributed by atoms with E-state index in [9.17, 15) is 4.79 Å². The largest absolute Gasteiger partial charge is 0.469 e. The molecule has 3 heteroatoms. The van der Waals surface area contributed by atoms with Crippen LogP contribution in [0.2, 0.25) is 0 Å². The first kappa shape index (κ1) is 11.4. The first-order chi connectivity index (χ1) is 5.74. The Labute approximate surface area is 74.7 Å². The van der Waals surface area contributed by atoms with Gasteiger partial charge in [-0.3, -0.25) is 4.79 Å². The molecule has 0 aromatic carbocycles. The van der Waals surface area contributed by atoms with Crippen LogP contribution in [0, 0.1) is 0 Å². The molecule has 0 atom stereocenters. The van der Waals surface area contributed by atoms with Crippen molar-refractivity contribution in [1.29, 1.82) is 0 Å². The molecule has 0 spiro atoms. The number of carbonyl (C=O) groups is 1. The van der Waals surface area contributed by atoms with Crippen LogP contribution in [0.25, 0.3) is 0 Å². The van der Waals surface area contributed by atoms with E-state index in [2.05, 4.69) is 23.5 Å². The zero-order valence-corrected chi connectivity index (χ0v) is 8.30. The highest BCUT2D eigenvalue weighted by Gasteiger charge is 2.04. The molecule has 0 aromatic heterocycles. The van der Waals surface area contributed by atoms with Crippen molar-refractivity contribution in [2.75, 3.05) is 26.7 Å². The molecule has 0 fully saturated rings. The summed E-state index contributed by atoms with van der Waals surface area (Å²) in [6.07, 6.45) is 1.64. The Morgan fingerprint density at radius 2 is 2.00 bits per heavy atom. The van der Waals surface area contributed by atoms with Gasteiger partial charge in [-0.2, -0.15) is 0 Å². The van der Waals surface area contributed by atoms with E-state index < -0.39 is 0 Å². The van der Waals surface area contributed by atoms with Crippen molar-refractivity contribution < 1.29 is 9.53 Å². The molecule has 0 aromatic rings. The zero-order chi connectivity index (χ0) is 9.40. The SMILES string of the molecule is CCCN(CC)CCC(=O)OC. The van der Waals surface area contributed by atoms with E-state index in [-0.39, 0.29) is 5.97 Å². The number of hydrogen-bond acceptors (Lipinski definition) is 3. The maximum Gasteiger partial charge on any atom is 0.306 e. The molecule has 0 saturated carbocycles. The van der Waals surface area contributed by atoms with Gasteiger partial charge in [0.15, 0.2) is 0 Å². The number of carbonyl (C=O) groups excluding carboxylic acids is 1. The van der Waals surface area contributed by atoms with Gasteiger partial charge in [-0.15, -0.1) is 0 Å². The summed E-state index contributed by atoms with van der Waals surface area (Å²) in [5.41, 5.74) is 0. The Balaban J connectivity index is 3.50. The number of rotatable bonds is 6. The van der Waals surface area contributed by atoms with Crippen LogP contribution in [-0.2, 0) is 9.53 Å². The molecular formula is C9H19NO2. The lowest BCUT2D eigenvalue weighted by Gasteiger charge is -2.18. The van der Waals surface area contributed by atoms with Crippen LogP contribution in [0.1, 0.15) is 26.7 Å². The van der Waals surface area contributed by atoms with Gasteiger partial charge in [-0.25, -0.2) is 0 Å². The maximum atomic E-state index is 10.8. The first-order valence-corrected chi connectivity index (χ1v) is 4.53. The quantitative estimate of drug-likeness (QED) is 0.567. The molecule has 0 N–H and O–H groups in total. The summed E-state index contributed by atoms with van der Waals surface area (Å²) in [5.74, 6) is -0.121. The number of ether oxygens (including phenoxy) is 1. The summed E-state index contributed by atoms with van der Waals surface area (Å²) < 4.78 is 4.56. The molecular weight excluding hydrogens is 154 g/mol. The molecule has 0 saturated heterocycles. The highest BCUT2D eigenvalue weighted by molar-refractivity contribution is 5.69. The lowest BCUT2D eigenvalue weighted by Crippen LogP contribution is -2.27. The standard InChI is InChI=1S/C9H19NO2/c1-4-7-10(5-2)8-6-9(11)12-3/h4-8H2,1-3H3. The van der Waals surface area contributed by atoms with Crippen LogP contribution in [0.3, 0.4) is 0 Å². The van der Waals surface area contributed by atoms with Gasteiger partial charge in [0.2, 0.25) is 0 Å². The van der Waals surface area contributed by atoms with Crippen LogP contribution in [0.15, 0.2) is 0 Å². The molecule has 0 radical (unpaired) electrons. The van der Waals surface area contributed by atoms with Crippen molar-refractivity contribution >= 4 is 5.97 Å². The van der Waals surface area contributed by atoms with Gasteiger partial charge in [-0.1, -0.05) is 13.8 Å². The lowest BCUT2D eigenvalue weighted by molar-refractivity contribution is -0.140. The fourth-order valence-corrected chi connectivity index (χ4v) is 1.10. The third kappa shape index (κ3) is 5.13. The average Bonchev–Trinajstić information content (AvgIpc) is 2.11.